The van der Waals surface area contributed by atoms with Gasteiger partial charge in [0, 0.05) is 15.2 Å². The van der Waals surface area contributed by atoms with Crippen molar-refractivity contribution in [3.05, 3.63) is 57.7 Å². The topological polar surface area (TPSA) is 47.6 Å². The predicted molar refractivity (Wildman–Crippen MR) is 140 cm³/mol. The fourth-order valence-corrected chi connectivity index (χ4v) is 5.26. The van der Waals surface area contributed by atoms with E-state index in [0.29, 0.717) is 18.1 Å². The van der Waals surface area contributed by atoms with Crippen LogP contribution in [0.15, 0.2) is 48.5 Å². The van der Waals surface area contributed by atoms with Crippen molar-refractivity contribution in [1.29, 1.82) is 0 Å². The first kappa shape index (κ1) is 27.6. The molecule has 1 aliphatic carbocycles. The maximum Gasteiger partial charge on any atom is 0.409 e. The lowest BCUT2D eigenvalue weighted by molar-refractivity contribution is -0.169. The molecule has 35 heavy (non-hydrogen) atoms. The van der Waals surface area contributed by atoms with Gasteiger partial charge in [0.25, 0.3) is 0 Å². The van der Waals surface area contributed by atoms with Crippen molar-refractivity contribution in [3.8, 4) is 5.75 Å². The first-order valence-corrected chi connectivity index (χ1v) is 12.9. The zero-order valence-electron chi connectivity index (χ0n) is 20.5. The van der Waals surface area contributed by atoms with Crippen molar-refractivity contribution in [3.63, 3.8) is 0 Å². The van der Waals surface area contributed by atoms with Gasteiger partial charge in [-0.2, -0.15) is 13.2 Å². The highest BCUT2D eigenvalue weighted by atomic mass is 127. The molecule has 8 heteroatoms. The summed E-state index contributed by atoms with van der Waals surface area (Å²) in [5.41, 5.74) is 1.10. The van der Waals surface area contributed by atoms with Crippen LogP contribution in [0.2, 0.25) is 0 Å². The molecule has 0 bridgehead atoms. The molecular formula is C27H33F3INO3. The van der Waals surface area contributed by atoms with E-state index in [-0.39, 0.29) is 17.0 Å². The molecule has 4 nitrogen and oxygen atoms in total. The van der Waals surface area contributed by atoms with Crippen LogP contribution in [-0.4, -0.2) is 31.4 Å². The first-order valence-electron chi connectivity index (χ1n) is 11.8. The normalized spacial score (nSPS) is 21.8. The Balaban J connectivity index is 1.74. The Labute approximate surface area is 219 Å². The lowest BCUT2D eigenvalue weighted by Gasteiger charge is -2.44. The smallest absolute Gasteiger partial charge is 0.409 e. The Morgan fingerprint density at radius 2 is 1.71 bits per heavy atom. The van der Waals surface area contributed by atoms with E-state index in [1.54, 1.807) is 12.1 Å². The lowest BCUT2D eigenvalue weighted by Crippen LogP contribution is -2.45. The minimum absolute atomic E-state index is 0.0154. The summed E-state index contributed by atoms with van der Waals surface area (Å²) in [6.45, 7) is 6.35. The van der Waals surface area contributed by atoms with Crippen molar-refractivity contribution < 1.29 is 27.4 Å². The van der Waals surface area contributed by atoms with Gasteiger partial charge in [0.05, 0.1) is 13.5 Å². The Morgan fingerprint density at radius 3 is 2.29 bits per heavy atom. The van der Waals surface area contributed by atoms with Crippen LogP contribution in [0.25, 0.3) is 0 Å². The number of halogens is 4. The van der Waals surface area contributed by atoms with E-state index < -0.39 is 30.7 Å². The average molecular weight is 603 g/mol. The largest absolute Gasteiger partial charge is 0.497 e. The van der Waals surface area contributed by atoms with E-state index in [1.807, 2.05) is 12.1 Å². The van der Waals surface area contributed by atoms with Crippen LogP contribution in [0.3, 0.4) is 0 Å². The number of alkyl halides is 3. The summed E-state index contributed by atoms with van der Waals surface area (Å²) in [5, 5.41) is 2.44. The molecule has 1 aliphatic rings. The summed E-state index contributed by atoms with van der Waals surface area (Å²) in [4.78, 5) is 12.8. The fourth-order valence-electron chi connectivity index (χ4n) is 4.90. The van der Waals surface area contributed by atoms with Gasteiger partial charge >= 0.3 is 12.1 Å². The SMILES string of the molecule is COc1ccc(N[C@@H](CC(=O)O[C@@H]2C[C@H](C)CC[C@H]2C(C)(C)c2ccc(I)cc2)C(F)(F)F)cc1. The third-order valence-electron chi connectivity index (χ3n) is 7.05. The molecule has 3 rings (SSSR count). The summed E-state index contributed by atoms with van der Waals surface area (Å²) < 4.78 is 53.3. The van der Waals surface area contributed by atoms with Crippen LogP contribution >= 0.6 is 22.6 Å². The lowest BCUT2D eigenvalue weighted by atomic mass is 9.64. The van der Waals surface area contributed by atoms with Crippen LogP contribution in [-0.2, 0) is 14.9 Å². The molecule has 0 unspecified atom stereocenters. The molecule has 0 aliphatic heterocycles. The molecule has 1 saturated carbocycles. The second kappa shape index (κ2) is 11.4. The molecule has 1 N–H and O–H groups in total. The minimum atomic E-state index is -4.61. The molecule has 2 aromatic rings. The number of benzene rings is 2. The summed E-state index contributed by atoms with van der Waals surface area (Å²) in [6.07, 6.45) is -3.35. The number of carbonyl (C=O) groups is 1. The molecule has 0 amide bonds. The fraction of sp³-hybridized carbons (Fsp3) is 0.519. The predicted octanol–water partition coefficient (Wildman–Crippen LogP) is 7.36. The van der Waals surface area contributed by atoms with Crippen LogP contribution in [0.4, 0.5) is 18.9 Å². The number of ether oxygens (including phenoxy) is 2. The highest BCUT2D eigenvalue weighted by molar-refractivity contribution is 14.1. The maximum absolute atomic E-state index is 13.8. The molecule has 0 aromatic heterocycles. The van der Waals surface area contributed by atoms with Gasteiger partial charge in [-0.1, -0.05) is 39.3 Å². The van der Waals surface area contributed by atoms with Gasteiger partial charge in [0.1, 0.15) is 17.9 Å². The molecule has 2 aromatic carbocycles. The van der Waals surface area contributed by atoms with Gasteiger partial charge in [0.15, 0.2) is 0 Å². The zero-order chi connectivity index (χ0) is 25.8. The summed E-state index contributed by atoms with van der Waals surface area (Å²) in [5.74, 6) is 0.0524. The Kier molecular flexibility index (Phi) is 8.99. The number of nitrogens with one attached hydrogen (secondary N) is 1. The summed E-state index contributed by atoms with van der Waals surface area (Å²) in [6, 6.07) is 12.3. The average Bonchev–Trinajstić information content (AvgIpc) is 2.78. The summed E-state index contributed by atoms with van der Waals surface area (Å²) in [7, 11) is 1.48. The van der Waals surface area contributed by atoms with Crippen LogP contribution in [0, 0.1) is 15.4 Å². The van der Waals surface area contributed by atoms with Crippen molar-refractivity contribution in [2.75, 3.05) is 12.4 Å². The van der Waals surface area contributed by atoms with E-state index in [2.05, 4.69) is 60.8 Å². The Bertz CT molecular complexity index is 977. The zero-order valence-corrected chi connectivity index (χ0v) is 22.7. The van der Waals surface area contributed by atoms with E-state index >= 15 is 0 Å². The maximum atomic E-state index is 13.8. The molecule has 0 radical (unpaired) electrons. The quantitative estimate of drug-likeness (QED) is 0.253. The van der Waals surface area contributed by atoms with Crippen molar-refractivity contribution in [2.45, 2.75) is 70.2 Å². The first-order chi connectivity index (χ1) is 16.4. The molecule has 0 saturated heterocycles. The highest BCUT2D eigenvalue weighted by Gasteiger charge is 2.44. The monoisotopic (exact) mass is 603 g/mol. The molecular weight excluding hydrogens is 570 g/mol. The van der Waals surface area contributed by atoms with Gasteiger partial charge in [-0.3, -0.25) is 4.79 Å². The molecule has 1 fully saturated rings. The number of hydrogen-bond donors (Lipinski definition) is 1. The minimum Gasteiger partial charge on any atom is -0.497 e. The second-order valence-corrected chi connectivity index (χ2v) is 11.2. The number of carbonyl (C=O) groups excluding carboxylic acids is 1. The second-order valence-electron chi connectivity index (χ2n) is 9.95. The Morgan fingerprint density at radius 1 is 1.09 bits per heavy atom. The van der Waals surface area contributed by atoms with E-state index in [4.69, 9.17) is 9.47 Å². The van der Waals surface area contributed by atoms with E-state index in [9.17, 15) is 18.0 Å². The number of anilines is 1. The number of hydrogen-bond acceptors (Lipinski definition) is 4. The Hall–Kier alpha value is -1.97. The van der Waals surface area contributed by atoms with Gasteiger partial charge in [-0.25, -0.2) is 0 Å². The van der Waals surface area contributed by atoms with Gasteiger partial charge in [-0.15, -0.1) is 0 Å². The van der Waals surface area contributed by atoms with Gasteiger partial charge in [-0.05, 0) is 88.7 Å². The van der Waals surface area contributed by atoms with E-state index in [1.165, 1.54) is 19.2 Å². The van der Waals surface area contributed by atoms with Gasteiger partial charge < -0.3 is 14.8 Å². The summed E-state index contributed by atoms with van der Waals surface area (Å²) >= 11 is 2.26. The number of rotatable bonds is 8. The molecule has 4 atom stereocenters. The molecule has 0 heterocycles. The third-order valence-corrected chi connectivity index (χ3v) is 7.77. The van der Waals surface area contributed by atoms with Crippen LogP contribution in [0.5, 0.6) is 5.75 Å². The van der Waals surface area contributed by atoms with Crippen LogP contribution in [0.1, 0.15) is 52.0 Å². The van der Waals surface area contributed by atoms with Gasteiger partial charge in [0.2, 0.25) is 0 Å². The van der Waals surface area contributed by atoms with Crippen molar-refractivity contribution in [1.82, 2.24) is 0 Å². The number of methoxy groups -OCH3 is 1. The molecule has 192 valence electrons. The van der Waals surface area contributed by atoms with Crippen LogP contribution < -0.4 is 10.1 Å². The van der Waals surface area contributed by atoms with Crippen molar-refractivity contribution >= 4 is 34.2 Å². The number of esters is 1. The van der Waals surface area contributed by atoms with E-state index in [0.717, 1.165) is 22.0 Å². The standard InChI is InChI=1S/C27H33F3INO3/c1-17-5-14-22(26(2,3)18-6-8-19(31)9-7-18)23(15-17)35-25(33)16-24(27(28,29)30)32-20-10-12-21(34-4)13-11-20/h6-13,17,22-24,32H,5,14-16H2,1-4H3/t17-,22-,23-,24+/m1/s1. The highest BCUT2D eigenvalue weighted by Crippen LogP contribution is 2.44. The molecule has 0 spiro atoms. The van der Waals surface area contributed by atoms with Crippen molar-refractivity contribution in [2.24, 2.45) is 11.8 Å². The third kappa shape index (κ3) is 7.27.